The predicted octanol–water partition coefficient (Wildman–Crippen LogP) is 2.39. The Hall–Kier alpha value is -0.780. The quantitative estimate of drug-likeness (QED) is 0.622. The second-order valence-electron chi connectivity index (χ2n) is 2.77. The van der Waals surface area contributed by atoms with Crippen LogP contribution in [0.5, 0.6) is 5.75 Å². The summed E-state index contributed by atoms with van der Waals surface area (Å²) in [7, 11) is 2.94. The summed E-state index contributed by atoms with van der Waals surface area (Å²) in [6.45, 7) is 1.88. The van der Waals surface area contributed by atoms with Gasteiger partial charge in [0.1, 0.15) is 5.75 Å². The third kappa shape index (κ3) is 2.17. The van der Waals surface area contributed by atoms with Gasteiger partial charge in [0.2, 0.25) is 0 Å². The number of methoxy groups -OCH3 is 2. The minimum absolute atomic E-state index is 0.334. The molecule has 0 bridgehead atoms. The van der Waals surface area contributed by atoms with Crippen LogP contribution in [0.2, 0.25) is 0 Å². The van der Waals surface area contributed by atoms with E-state index in [1.54, 1.807) is 13.2 Å². The van der Waals surface area contributed by atoms with E-state index >= 15 is 0 Å². The zero-order valence-electron chi connectivity index (χ0n) is 8.26. The van der Waals surface area contributed by atoms with Crippen molar-refractivity contribution < 1.29 is 14.3 Å². The molecule has 0 aliphatic carbocycles. The molecule has 0 N–H and O–H groups in total. The minimum Gasteiger partial charge on any atom is -0.497 e. The van der Waals surface area contributed by atoms with Crippen LogP contribution >= 0.6 is 22.6 Å². The lowest BCUT2D eigenvalue weighted by molar-refractivity contribution is 0.0599. The van der Waals surface area contributed by atoms with Crippen LogP contribution in [0.25, 0.3) is 0 Å². The molecule has 0 radical (unpaired) electrons. The number of hydrogen-bond donors (Lipinski definition) is 0. The summed E-state index contributed by atoms with van der Waals surface area (Å²) in [5.41, 5.74) is 1.47. The summed E-state index contributed by atoms with van der Waals surface area (Å²) in [5.74, 6) is 0.333. The maximum absolute atomic E-state index is 11.4. The molecule has 0 fully saturated rings. The van der Waals surface area contributed by atoms with Crippen LogP contribution in [-0.4, -0.2) is 20.2 Å². The Morgan fingerprint density at radius 1 is 1.36 bits per heavy atom. The van der Waals surface area contributed by atoms with E-state index in [0.717, 1.165) is 9.13 Å². The maximum Gasteiger partial charge on any atom is 0.338 e. The molecule has 14 heavy (non-hydrogen) atoms. The van der Waals surface area contributed by atoms with Gasteiger partial charge in [-0.1, -0.05) is 0 Å². The van der Waals surface area contributed by atoms with Crippen molar-refractivity contribution in [2.75, 3.05) is 14.2 Å². The van der Waals surface area contributed by atoms with Crippen LogP contribution in [0.3, 0.4) is 0 Å². The highest BCUT2D eigenvalue weighted by molar-refractivity contribution is 14.1. The van der Waals surface area contributed by atoms with Crippen molar-refractivity contribution in [2.24, 2.45) is 0 Å². The van der Waals surface area contributed by atoms with Gasteiger partial charge >= 0.3 is 5.97 Å². The van der Waals surface area contributed by atoms with Crippen LogP contribution in [0, 0.1) is 10.5 Å². The van der Waals surface area contributed by atoms with E-state index in [4.69, 9.17) is 4.74 Å². The molecule has 3 nitrogen and oxygen atoms in total. The first-order chi connectivity index (χ1) is 6.60. The minimum atomic E-state index is -0.334. The molecule has 1 aromatic rings. The molecule has 0 aliphatic rings. The summed E-state index contributed by atoms with van der Waals surface area (Å²) < 4.78 is 10.7. The Labute approximate surface area is 96.5 Å². The third-order valence-corrected chi connectivity index (χ3v) is 3.08. The van der Waals surface area contributed by atoms with Gasteiger partial charge in [-0.25, -0.2) is 4.79 Å². The summed E-state index contributed by atoms with van der Waals surface area (Å²) >= 11 is 2.16. The van der Waals surface area contributed by atoms with Crippen LogP contribution < -0.4 is 4.74 Å². The molecule has 0 heterocycles. The van der Waals surface area contributed by atoms with E-state index in [9.17, 15) is 4.79 Å². The normalized spacial score (nSPS) is 9.71. The van der Waals surface area contributed by atoms with E-state index in [-0.39, 0.29) is 5.97 Å². The van der Waals surface area contributed by atoms with Gasteiger partial charge < -0.3 is 9.47 Å². The molecule has 0 unspecified atom stereocenters. The number of carbonyl (C=O) groups is 1. The number of hydrogen-bond acceptors (Lipinski definition) is 3. The first-order valence-corrected chi connectivity index (χ1v) is 5.10. The predicted molar refractivity (Wildman–Crippen MR) is 61.8 cm³/mol. The molecular weight excluding hydrogens is 295 g/mol. The Morgan fingerprint density at radius 3 is 2.50 bits per heavy atom. The molecule has 4 heteroatoms. The fourth-order valence-electron chi connectivity index (χ4n) is 1.09. The SMILES string of the molecule is COC(=O)c1cc(OC)cc(I)c1C. The maximum atomic E-state index is 11.4. The number of rotatable bonds is 2. The number of esters is 1. The Kier molecular flexibility index (Phi) is 3.74. The van der Waals surface area contributed by atoms with E-state index in [1.165, 1.54) is 7.11 Å². The number of benzene rings is 1. The van der Waals surface area contributed by atoms with Gasteiger partial charge in [0, 0.05) is 3.57 Å². The van der Waals surface area contributed by atoms with Gasteiger partial charge in [0.15, 0.2) is 0 Å². The average molecular weight is 306 g/mol. The Bertz CT molecular complexity index is 361. The number of ether oxygens (including phenoxy) is 2. The molecule has 0 aromatic heterocycles. The summed E-state index contributed by atoms with van der Waals surface area (Å²) in [6, 6.07) is 3.56. The molecule has 0 aliphatic heterocycles. The largest absolute Gasteiger partial charge is 0.497 e. The van der Waals surface area contributed by atoms with Crippen LogP contribution in [0.15, 0.2) is 12.1 Å². The molecule has 0 atom stereocenters. The van der Waals surface area contributed by atoms with E-state index in [1.807, 2.05) is 13.0 Å². The fourth-order valence-corrected chi connectivity index (χ4v) is 1.69. The van der Waals surface area contributed by atoms with Gasteiger partial charge in [0.05, 0.1) is 19.8 Å². The van der Waals surface area contributed by atoms with Crippen molar-refractivity contribution in [1.82, 2.24) is 0 Å². The standard InChI is InChI=1S/C10H11IO3/c1-6-8(10(12)14-3)4-7(13-2)5-9(6)11/h4-5H,1-3H3. The van der Waals surface area contributed by atoms with Crippen molar-refractivity contribution in [3.05, 3.63) is 26.8 Å². The lowest BCUT2D eigenvalue weighted by Crippen LogP contribution is -2.05. The second kappa shape index (κ2) is 4.63. The number of carbonyl (C=O) groups excluding carboxylic acids is 1. The van der Waals surface area contributed by atoms with Gasteiger partial charge in [-0.15, -0.1) is 0 Å². The zero-order chi connectivity index (χ0) is 10.7. The molecule has 1 rings (SSSR count). The van der Waals surface area contributed by atoms with Crippen molar-refractivity contribution >= 4 is 28.6 Å². The van der Waals surface area contributed by atoms with Gasteiger partial charge in [-0.2, -0.15) is 0 Å². The molecule has 0 saturated heterocycles. The molecule has 0 saturated carbocycles. The molecular formula is C10H11IO3. The fraction of sp³-hybridized carbons (Fsp3) is 0.300. The van der Waals surface area contributed by atoms with Gasteiger partial charge in [0.25, 0.3) is 0 Å². The first kappa shape index (κ1) is 11.3. The van der Waals surface area contributed by atoms with Gasteiger partial charge in [-0.05, 0) is 47.2 Å². The zero-order valence-corrected chi connectivity index (χ0v) is 10.4. The summed E-state index contributed by atoms with van der Waals surface area (Å²) in [6.07, 6.45) is 0. The molecule has 76 valence electrons. The lowest BCUT2D eigenvalue weighted by Gasteiger charge is -2.08. The first-order valence-electron chi connectivity index (χ1n) is 4.02. The van der Waals surface area contributed by atoms with Crippen molar-refractivity contribution in [3.8, 4) is 5.75 Å². The summed E-state index contributed by atoms with van der Waals surface area (Å²) in [4.78, 5) is 11.4. The highest BCUT2D eigenvalue weighted by Gasteiger charge is 2.13. The van der Waals surface area contributed by atoms with E-state index in [2.05, 4.69) is 27.3 Å². The lowest BCUT2D eigenvalue weighted by atomic mass is 10.1. The van der Waals surface area contributed by atoms with Crippen molar-refractivity contribution in [3.63, 3.8) is 0 Å². The van der Waals surface area contributed by atoms with Crippen LogP contribution in [-0.2, 0) is 4.74 Å². The Morgan fingerprint density at radius 2 is 2.00 bits per heavy atom. The smallest absolute Gasteiger partial charge is 0.338 e. The Balaban J connectivity index is 3.27. The van der Waals surface area contributed by atoms with Crippen molar-refractivity contribution in [2.45, 2.75) is 6.92 Å². The summed E-state index contributed by atoms with van der Waals surface area (Å²) in [5, 5.41) is 0. The molecule has 0 amide bonds. The molecule has 1 aromatic carbocycles. The topological polar surface area (TPSA) is 35.5 Å². The van der Waals surface area contributed by atoms with E-state index in [0.29, 0.717) is 11.3 Å². The highest BCUT2D eigenvalue weighted by atomic mass is 127. The highest BCUT2D eigenvalue weighted by Crippen LogP contribution is 2.23. The second-order valence-corrected chi connectivity index (χ2v) is 3.94. The average Bonchev–Trinajstić information content (AvgIpc) is 2.20. The molecule has 0 spiro atoms. The van der Waals surface area contributed by atoms with Gasteiger partial charge in [-0.3, -0.25) is 0 Å². The van der Waals surface area contributed by atoms with Crippen LogP contribution in [0.4, 0.5) is 0 Å². The van der Waals surface area contributed by atoms with Crippen molar-refractivity contribution in [1.29, 1.82) is 0 Å². The number of halogens is 1. The third-order valence-electron chi connectivity index (χ3n) is 1.96. The van der Waals surface area contributed by atoms with Crippen LogP contribution in [0.1, 0.15) is 15.9 Å². The monoisotopic (exact) mass is 306 g/mol. The van der Waals surface area contributed by atoms with E-state index < -0.39 is 0 Å².